The van der Waals surface area contributed by atoms with Crippen LogP contribution in [0.3, 0.4) is 0 Å². The first-order valence-electron chi connectivity index (χ1n) is 7.54. The van der Waals surface area contributed by atoms with Crippen LogP contribution in [0.5, 0.6) is 0 Å². The van der Waals surface area contributed by atoms with Crippen LogP contribution in [0.15, 0.2) is 0 Å². The molecular weight excluding hydrogens is 297 g/mol. The van der Waals surface area contributed by atoms with Crippen molar-refractivity contribution in [3.63, 3.8) is 0 Å². The summed E-state index contributed by atoms with van der Waals surface area (Å²) in [6.07, 6.45) is 7.08. The van der Waals surface area contributed by atoms with Crippen molar-refractivity contribution < 1.29 is 4.79 Å². The van der Waals surface area contributed by atoms with Crippen molar-refractivity contribution in [2.45, 2.75) is 50.6 Å². The van der Waals surface area contributed by atoms with E-state index in [9.17, 15) is 4.79 Å². The quantitative estimate of drug-likeness (QED) is 0.798. The molecule has 3 aliphatic rings. The Hall–Kier alpha value is -0.0300. The molecule has 3 fully saturated rings. The van der Waals surface area contributed by atoms with Crippen molar-refractivity contribution in [3.05, 3.63) is 0 Å². The highest BCUT2D eigenvalue weighted by Gasteiger charge is 2.37. The third-order valence-corrected chi connectivity index (χ3v) is 5.04. The van der Waals surface area contributed by atoms with E-state index in [1.165, 1.54) is 25.8 Å². The van der Waals surface area contributed by atoms with Gasteiger partial charge in [-0.25, -0.2) is 0 Å². The van der Waals surface area contributed by atoms with Crippen LogP contribution < -0.4 is 5.73 Å². The van der Waals surface area contributed by atoms with Crippen LogP contribution in [0.25, 0.3) is 0 Å². The molecule has 3 unspecified atom stereocenters. The molecular formula is C14H27Cl2N3O. The minimum absolute atomic E-state index is 0. The highest BCUT2D eigenvalue weighted by Crippen LogP contribution is 2.28. The van der Waals surface area contributed by atoms with Crippen molar-refractivity contribution in [2.75, 3.05) is 26.2 Å². The number of carbonyl (C=O) groups is 1. The Bertz CT molecular complexity index is 330. The molecule has 0 radical (unpaired) electrons. The topological polar surface area (TPSA) is 49.6 Å². The second-order valence-electron chi connectivity index (χ2n) is 6.17. The number of amides is 1. The van der Waals surface area contributed by atoms with Gasteiger partial charge in [0.2, 0.25) is 5.91 Å². The second-order valence-corrected chi connectivity index (χ2v) is 6.17. The Kier molecular flexibility index (Phi) is 7.06. The molecule has 0 bridgehead atoms. The first-order chi connectivity index (χ1) is 8.75. The minimum Gasteiger partial charge on any atom is -0.340 e. The molecule has 2 saturated heterocycles. The fraction of sp³-hybridized carbons (Fsp3) is 0.929. The average Bonchev–Trinajstić information content (AvgIpc) is 2.83. The maximum absolute atomic E-state index is 12.5. The Labute approximate surface area is 134 Å². The molecule has 1 aliphatic carbocycles. The molecule has 3 rings (SSSR count). The SMILES string of the molecule is Cl.Cl.NC1CCCC1C(=O)N1CCN2CCCCC2C1. The van der Waals surface area contributed by atoms with Gasteiger partial charge in [0.05, 0.1) is 5.92 Å². The van der Waals surface area contributed by atoms with E-state index < -0.39 is 0 Å². The van der Waals surface area contributed by atoms with Crippen LogP contribution >= 0.6 is 24.8 Å². The Morgan fingerprint density at radius 2 is 1.75 bits per heavy atom. The third kappa shape index (κ3) is 3.59. The van der Waals surface area contributed by atoms with E-state index in [1.54, 1.807) is 0 Å². The van der Waals surface area contributed by atoms with E-state index >= 15 is 0 Å². The lowest BCUT2D eigenvalue weighted by Crippen LogP contribution is -2.57. The normalized spacial score (nSPS) is 33.9. The Balaban J connectivity index is 0.000001000. The summed E-state index contributed by atoms with van der Waals surface area (Å²) in [6, 6.07) is 0.732. The molecule has 2 aliphatic heterocycles. The zero-order valence-electron chi connectivity index (χ0n) is 12.0. The average molecular weight is 324 g/mol. The molecule has 1 amide bonds. The van der Waals surface area contributed by atoms with Crippen LogP contribution in [0.1, 0.15) is 38.5 Å². The number of hydrogen-bond donors (Lipinski definition) is 1. The summed E-state index contributed by atoms with van der Waals surface area (Å²) < 4.78 is 0. The van der Waals surface area contributed by atoms with Crippen molar-refractivity contribution in [3.8, 4) is 0 Å². The molecule has 0 aromatic rings. The van der Waals surface area contributed by atoms with Gasteiger partial charge in [-0.1, -0.05) is 12.8 Å². The monoisotopic (exact) mass is 323 g/mol. The van der Waals surface area contributed by atoms with E-state index in [-0.39, 0.29) is 36.8 Å². The molecule has 0 aromatic carbocycles. The molecule has 0 spiro atoms. The number of piperidine rings is 1. The van der Waals surface area contributed by atoms with E-state index in [2.05, 4.69) is 9.80 Å². The zero-order valence-corrected chi connectivity index (χ0v) is 13.6. The van der Waals surface area contributed by atoms with E-state index in [4.69, 9.17) is 5.73 Å². The van der Waals surface area contributed by atoms with Gasteiger partial charge < -0.3 is 10.6 Å². The molecule has 118 valence electrons. The number of nitrogens with two attached hydrogens (primary N) is 1. The molecule has 3 atom stereocenters. The lowest BCUT2D eigenvalue weighted by molar-refractivity contribution is -0.139. The van der Waals surface area contributed by atoms with Gasteiger partial charge >= 0.3 is 0 Å². The predicted octanol–water partition coefficient (Wildman–Crippen LogP) is 1.65. The fourth-order valence-corrected chi connectivity index (χ4v) is 3.89. The standard InChI is InChI=1S/C14H25N3O.2ClH/c15-13-6-3-5-12(13)14(18)17-9-8-16-7-2-1-4-11(16)10-17;;/h11-13H,1-10,15H2;2*1H. The summed E-state index contributed by atoms with van der Waals surface area (Å²) in [5, 5.41) is 0. The van der Waals surface area contributed by atoms with Crippen LogP contribution in [0, 0.1) is 5.92 Å². The predicted molar refractivity (Wildman–Crippen MR) is 85.6 cm³/mol. The number of fused-ring (bicyclic) bond motifs is 1. The molecule has 2 heterocycles. The Morgan fingerprint density at radius 3 is 2.45 bits per heavy atom. The molecule has 4 nitrogen and oxygen atoms in total. The van der Waals surface area contributed by atoms with Crippen LogP contribution in [0.2, 0.25) is 0 Å². The van der Waals surface area contributed by atoms with E-state index in [1.807, 2.05) is 0 Å². The fourth-order valence-electron chi connectivity index (χ4n) is 3.89. The number of piperazine rings is 1. The van der Waals surface area contributed by atoms with Crippen molar-refractivity contribution in [1.29, 1.82) is 0 Å². The number of halogens is 2. The lowest BCUT2D eigenvalue weighted by atomic mass is 9.97. The van der Waals surface area contributed by atoms with Gasteiger partial charge in [-0.2, -0.15) is 0 Å². The summed E-state index contributed by atoms with van der Waals surface area (Å²) in [6.45, 7) is 4.16. The van der Waals surface area contributed by atoms with Gasteiger partial charge in [0, 0.05) is 31.7 Å². The van der Waals surface area contributed by atoms with Gasteiger partial charge in [0.25, 0.3) is 0 Å². The van der Waals surface area contributed by atoms with E-state index in [0.717, 1.165) is 38.9 Å². The maximum Gasteiger partial charge on any atom is 0.227 e. The Morgan fingerprint density at radius 1 is 0.950 bits per heavy atom. The van der Waals surface area contributed by atoms with Gasteiger partial charge in [-0.15, -0.1) is 24.8 Å². The van der Waals surface area contributed by atoms with Crippen LogP contribution in [0.4, 0.5) is 0 Å². The summed E-state index contributed by atoms with van der Waals surface area (Å²) in [5.41, 5.74) is 6.06. The third-order valence-electron chi connectivity index (χ3n) is 5.04. The van der Waals surface area contributed by atoms with Crippen molar-refractivity contribution >= 4 is 30.7 Å². The number of hydrogen-bond acceptors (Lipinski definition) is 3. The lowest BCUT2D eigenvalue weighted by Gasteiger charge is -2.44. The zero-order chi connectivity index (χ0) is 12.5. The molecule has 2 N–H and O–H groups in total. The second kappa shape index (κ2) is 7.83. The molecule has 0 aromatic heterocycles. The minimum atomic E-state index is 0. The number of rotatable bonds is 1. The smallest absolute Gasteiger partial charge is 0.227 e. The summed E-state index contributed by atoms with van der Waals surface area (Å²) in [4.78, 5) is 17.2. The highest BCUT2D eigenvalue weighted by molar-refractivity contribution is 5.85. The van der Waals surface area contributed by atoms with Gasteiger partial charge in [0.15, 0.2) is 0 Å². The van der Waals surface area contributed by atoms with Crippen LogP contribution in [-0.2, 0) is 4.79 Å². The summed E-state index contributed by atoms with van der Waals surface area (Å²) >= 11 is 0. The molecule has 6 heteroatoms. The van der Waals surface area contributed by atoms with E-state index in [0.29, 0.717) is 11.9 Å². The first kappa shape index (κ1) is 18.0. The van der Waals surface area contributed by atoms with Crippen LogP contribution in [-0.4, -0.2) is 54.0 Å². The van der Waals surface area contributed by atoms with Gasteiger partial charge in [-0.05, 0) is 32.2 Å². The first-order valence-corrected chi connectivity index (χ1v) is 7.54. The summed E-state index contributed by atoms with van der Waals surface area (Å²) in [5.74, 6) is 0.449. The van der Waals surface area contributed by atoms with Crippen molar-refractivity contribution in [2.24, 2.45) is 11.7 Å². The van der Waals surface area contributed by atoms with Gasteiger partial charge in [-0.3, -0.25) is 9.69 Å². The number of nitrogens with zero attached hydrogens (tertiary/aromatic N) is 2. The van der Waals surface area contributed by atoms with Crippen molar-refractivity contribution in [1.82, 2.24) is 9.80 Å². The maximum atomic E-state index is 12.5. The highest BCUT2D eigenvalue weighted by atomic mass is 35.5. The largest absolute Gasteiger partial charge is 0.340 e. The molecule has 1 saturated carbocycles. The van der Waals surface area contributed by atoms with Gasteiger partial charge in [0.1, 0.15) is 0 Å². The summed E-state index contributed by atoms with van der Waals surface area (Å²) in [7, 11) is 0. The number of carbonyl (C=O) groups excluding carboxylic acids is 1. The molecule has 20 heavy (non-hydrogen) atoms.